The van der Waals surface area contributed by atoms with Crippen molar-refractivity contribution in [1.82, 2.24) is 14.9 Å². The number of rotatable bonds is 6. The first-order valence-electron chi connectivity index (χ1n) is 7.73. The normalized spacial score (nSPS) is 11.9. The van der Waals surface area contributed by atoms with Crippen LogP contribution in [0.2, 0.25) is 0 Å². The maximum atomic E-state index is 12.5. The van der Waals surface area contributed by atoms with Gasteiger partial charge in [0.15, 0.2) is 5.13 Å². The topological polar surface area (TPSA) is 84.2 Å². The molecule has 2 aromatic heterocycles. The number of aliphatic carboxylic acids is 1. The Morgan fingerprint density at radius 3 is 2.52 bits per heavy atom. The van der Waals surface area contributed by atoms with E-state index < -0.39 is 17.9 Å². The summed E-state index contributed by atoms with van der Waals surface area (Å²) in [6.07, 6.45) is 3.91. The van der Waals surface area contributed by atoms with Crippen LogP contribution in [0.1, 0.15) is 20.9 Å². The highest BCUT2D eigenvalue weighted by Crippen LogP contribution is 2.22. The largest absolute Gasteiger partial charge is 0.480 e. The number of carboxylic acids is 1. The van der Waals surface area contributed by atoms with E-state index in [0.29, 0.717) is 15.7 Å². The van der Waals surface area contributed by atoms with E-state index >= 15 is 0 Å². The Morgan fingerprint density at radius 2 is 1.88 bits per heavy atom. The molecule has 2 N–H and O–H groups in total. The molecule has 2 heterocycles. The Balaban J connectivity index is 1.77. The molecule has 0 saturated heterocycles. The van der Waals surface area contributed by atoms with Crippen molar-refractivity contribution < 1.29 is 14.7 Å². The van der Waals surface area contributed by atoms with Gasteiger partial charge < -0.3 is 15.0 Å². The maximum absolute atomic E-state index is 12.5. The smallest absolute Gasteiger partial charge is 0.326 e. The fraction of sp³-hybridized carbons (Fsp3) is 0.167. The summed E-state index contributed by atoms with van der Waals surface area (Å²) in [5.74, 6) is -1.48. The van der Waals surface area contributed by atoms with E-state index in [0.717, 1.165) is 5.56 Å². The molecule has 0 spiro atoms. The van der Waals surface area contributed by atoms with Crippen molar-refractivity contribution in [1.29, 1.82) is 0 Å². The van der Waals surface area contributed by atoms with E-state index in [4.69, 9.17) is 0 Å². The highest BCUT2D eigenvalue weighted by atomic mass is 32.1. The minimum Gasteiger partial charge on any atom is -0.480 e. The van der Waals surface area contributed by atoms with Gasteiger partial charge >= 0.3 is 5.97 Å². The number of aromatic nitrogens is 2. The quantitative estimate of drug-likeness (QED) is 0.712. The number of carboxylic acid groups (broad SMARTS) is 1. The monoisotopic (exact) mass is 355 g/mol. The summed E-state index contributed by atoms with van der Waals surface area (Å²) < 4.78 is 1.81. The van der Waals surface area contributed by atoms with Crippen LogP contribution >= 0.6 is 11.3 Å². The number of amides is 1. The first kappa shape index (κ1) is 16.9. The third-order valence-electron chi connectivity index (χ3n) is 3.70. The van der Waals surface area contributed by atoms with E-state index in [1.165, 1.54) is 11.3 Å². The lowest BCUT2D eigenvalue weighted by atomic mass is 10.1. The Labute approximate surface area is 148 Å². The Kier molecular flexibility index (Phi) is 4.95. The maximum Gasteiger partial charge on any atom is 0.326 e. The molecule has 0 aliphatic rings. The van der Waals surface area contributed by atoms with Crippen LogP contribution in [0.15, 0.2) is 54.9 Å². The van der Waals surface area contributed by atoms with Gasteiger partial charge in [-0.15, -0.1) is 0 Å². The van der Waals surface area contributed by atoms with Crippen LogP contribution in [-0.4, -0.2) is 32.6 Å². The standard InChI is InChI=1S/C18H17N3O3S/c1-12-15(25-18(19-12)21-9-5-6-10-21)16(22)20-14(17(23)24)11-13-7-3-2-4-8-13/h2-10,14H,11H2,1H3,(H,20,22)(H,23,24). The molecule has 1 atom stereocenters. The summed E-state index contributed by atoms with van der Waals surface area (Å²) >= 11 is 1.23. The Bertz CT molecular complexity index is 872. The number of carbonyl (C=O) groups excluding carboxylic acids is 1. The first-order chi connectivity index (χ1) is 12.0. The molecule has 25 heavy (non-hydrogen) atoms. The third kappa shape index (κ3) is 3.95. The predicted molar refractivity (Wildman–Crippen MR) is 95.2 cm³/mol. The van der Waals surface area contributed by atoms with Crippen LogP contribution in [0.3, 0.4) is 0 Å². The summed E-state index contributed by atoms with van der Waals surface area (Å²) in [7, 11) is 0. The fourth-order valence-corrected chi connectivity index (χ4v) is 3.38. The number of thiazole rings is 1. The minimum atomic E-state index is -1.06. The molecule has 128 valence electrons. The van der Waals surface area contributed by atoms with E-state index in [-0.39, 0.29) is 6.42 Å². The van der Waals surface area contributed by atoms with Crippen LogP contribution in [-0.2, 0) is 11.2 Å². The molecule has 0 bridgehead atoms. The summed E-state index contributed by atoms with van der Waals surface area (Å²) in [5, 5.41) is 12.7. The number of benzene rings is 1. The highest BCUT2D eigenvalue weighted by Gasteiger charge is 2.24. The second-order valence-corrected chi connectivity index (χ2v) is 6.53. The molecule has 0 radical (unpaired) electrons. The molecular formula is C18H17N3O3S. The number of nitrogens with one attached hydrogen (secondary N) is 1. The van der Waals surface area contributed by atoms with Crippen molar-refractivity contribution in [3.63, 3.8) is 0 Å². The van der Waals surface area contributed by atoms with Gasteiger partial charge in [-0.1, -0.05) is 41.7 Å². The first-order valence-corrected chi connectivity index (χ1v) is 8.54. The molecule has 1 unspecified atom stereocenters. The van der Waals surface area contributed by atoms with Crippen LogP contribution in [0.5, 0.6) is 0 Å². The van der Waals surface area contributed by atoms with Crippen molar-refractivity contribution >= 4 is 23.2 Å². The molecular weight excluding hydrogens is 338 g/mol. The lowest BCUT2D eigenvalue weighted by Gasteiger charge is -2.14. The minimum absolute atomic E-state index is 0.226. The SMILES string of the molecule is Cc1nc(-n2cccc2)sc1C(=O)NC(Cc1ccccc1)C(=O)O. The van der Waals surface area contributed by atoms with Gasteiger partial charge in [0.05, 0.1) is 5.69 Å². The van der Waals surface area contributed by atoms with Crippen LogP contribution in [0.4, 0.5) is 0 Å². The van der Waals surface area contributed by atoms with E-state index in [9.17, 15) is 14.7 Å². The average Bonchev–Trinajstić information content (AvgIpc) is 3.24. The van der Waals surface area contributed by atoms with Gasteiger partial charge in [-0.25, -0.2) is 9.78 Å². The molecule has 1 amide bonds. The van der Waals surface area contributed by atoms with Gasteiger partial charge in [0.1, 0.15) is 10.9 Å². The summed E-state index contributed by atoms with van der Waals surface area (Å²) in [4.78, 5) is 28.9. The highest BCUT2D eigenvalue weighted by molar-refractivity contribution is 7.16. The van der Waals surface area contributed by atoms with Gasteiger partial charge in [0.25, 0.3) is 5.91 Å². The van der Waals surface area contributed by atoms with Gasteiger partial charge in [0, 0.05) is 18.8 Å². The number of carbonyl (C=O) groups is 2. The van der Waals surface area contributed by atoms with Gasteiger partial charge in [0.2, 0.25) is 0 Å². The number of nitrogens with zero attached hydrogens (tertiary/aromatic N) is 2. The summed E-state index contributed by atoms with van der Waals surface area (Å²) in [6, 6.07) is 12.0. The van der Waals surface area contributed by atoms with Gasteiger partial charge in [-0.05, 0) is 24.6 Å². The molecule has 1 aromatic carbocycles. The second-order valence-electron chi connectivity index (χ2n) is 5.56. The fourth-order valence-electron chi connectivity index (χ4n) is 2.44. The predicted octanol–water partition coefficient (Wildman–Crippen LogP) is 2.67. The zero-order valence-corrected chi connectivity index (χ0v) is 14.4. The van der Waals surface area contributed by atoms with Crippen LogP contribution < -0.4 is 5.32 Å². The average molecular weight is 355 g/mol. The van der Waals surface area contributed by atoms with Crippen molar-refractivity contribution in [2.24, 2.45) is 0 Å². The van der Waals surface area contributed by atoms with Gasteiger partial charge in [-0.2, -0.15) is 0 Å². The lowest BCUT2D eigenvalue weighted by molar-refractivity contribution is -0.139. The number of aryl methyl sites for hydroxylation is 1. The molecule has 0 aliphatic heterocycles. The molecule has 3 rings (SSSR count). The van der Waals surface area contributed by atoms with Crippen molar-refractivity contribution in [2.45, 2.75) is 19.4 Å². The molecule has 0 fully saturated rings. The molecule has 7 heteroatoms. The van der Waals surface area contributed by atoms with E-state index in [1.54, 1.807) is 6.92 Å². The van der Waals surface area contributed by atoms with Crippen LogP contribution in [0, 0.1) is 6.92 Å². The number of hydrogen-bond donors (Lipinski definition) is 2. The zero-order chi connectivity index (χ0) is 17.8. The lowest BCUT2D eigenvalue weighted by Crippen LogP contribution is -2.42. The Morgan fingerprint density at radius 1 is 1.20 bits per heavy atom. The van der Waals surface area contributed by atoms with Crippen molar-refractivity contribution in [2.75, 3.05) is 0 Å². The van der Waals surface area contributed by atoms with E-state index in [2.05, 4.69) is 10.3 Å². The summed E-state index contributed by atoms with van der Waals surface area (Å²) in [6.45, 7) is 1.74. The van der Waals surface area contributed by atoms with Crippen molar-refractivity contribution in [3.8, 4) is 5.13 Å². The molecule has 0 aliphatic carbocycles. The second kappa shape index (κ2) is 7.31. The molecule has 6 nitrogen and oxygen atoms in total. The zero-order valence-electron chi connectivity index (χ0n) is 13.5. The molecule has 0 saturated carbocycles. The molecule has 3 aromatic rings. The van der Waals surface area contributed by atoms with Gasteiger partial charge in [-0.3, -0.25) is 4.79 Å². The summed E-state index contributed by atoms with van der Waals surface area (Å²) in [5.41, 5.74) is 1.43. The van der Waals surface area contributed by atoms with Crippen LogP contribution in [0.25, 0.3) is 5.13 Å². The number of hydrogen-bond acceptors (Lipinski definition) is 4. The Hall–Kier alpha value is -2.93. The third-order valence-corrected chi connectivity index (χ3v) is 4.87. The van der Waals surface area contributed by atoms with E-state index in [1.807, 2.05) is 59.4 Å². The van der Waals surface area contributed by atoms with Crippen molar-refractivity contribution in [3.05, 3.63) is 71.0 Å².